The van der Waals surface area contributed by atoms with E-state index >= 15 is 0 Å². The van der Waals surface area contributed by atoms with Gasteiger partial charge in [0.15, 0.2) is 0 Å². The summed E-state index contributed by atoms with van der Waals surface area (Å²) in [5.74, 6) is 1.29. The van der Waals surface area contributed by atoms with E-state index in [1.165, 1.54) is 6.20 Å². The lowest BCUT2D eigenvalue weighted by Gasteiger charge is -2.12. The average molecular weight is 649 g/mol. The second-order valence-corrected chi connectivity index (χ2v) is 10.7. The third kappa shape index (κ3) is 15.0. The van der Waals surface area contributed by atoms with Crippen LogP contribution in [-0.2, 0) is 14.2 Å². The summed E-state index contributed by atoms with van der Waals surface area (Å²) in [4.78, 5) is 13.9. The largest absolute Gasteiger partial charge is 0.492 e. The van der Waals surface area contributed by atoms with Crippen LogP contribution in [-0.4, -0.2) is 57.1 Å². The molecule has 0 saturated carbocycles. The first-order valence-corrected chi connectivity index (χ1v) is 16.2. The fourth-order valence-electron chi connectivity index (χ4n) is 4.38. The highest BCUT2D eigenvalue weighted by Crippen LogP contribution is 2.19. The zero-order chi connectivity index (χ0) is 34.1. The highest BCUT2D eigenvalue weighted by Gasteiger charge is 2.10. The van der Waals surface area contributed by atoms with Crippen LogP contribution < -0.4 is 10.5 Å². The summed E-state index contributed by atoms with van der Waals surface area (Å²) in [6.07, 6.45) is 16.5. The van der Waals surface area contributed by atoms with Crippen molar-refractivity contribution < 1.29 is 18.9 Å². The number of aromatic nitrogens is 1. The van der Waals surface area contributed by atoms with Crippen LogP contribution in [0, 0.1) is 0 Å². The molecule has 48 heavy (non-hydrogen) atoms. The Bertz CT molecular complexity index is 1470. The van der Waals surface area contributed by atoms with Crippen molar-refractivity contribution in [1.82, 2.24) is 4.98 Å². The fraction of sp³-hybridized carbons (Fsp3) is 0.275. The van der Waals surface area contributed by atoms with Gasteiger partial charge in [0.1, 0.15) is 11.5 Å². The smallest absolute Gasteiger partial charge is 0.137 e. The Morgan fingerprint density at radius 2 is 1.40 bits per heavy atom. The number of allylic oxidation sites excluding steroid dienone is 3. The van der Waals surface area contributed by atoms with E-state index in [4.69, 9.17) is 29.7 Å². The van der Waals surface area contributed by atoms with Crippen LogP contribution in [0.5, 0.6) is 5.75 Å². The molecule has 0 saturated heterocycles. The third-order valence-corrected chi connectivity index (χ3v) is 6.91. The van der Waals surface area contributed by atoms with Gasteiger partial charge in [-0.3, -0.25) is 15.0 Å². The van der Waals surface area contributed by atoms with Gasteiger partial charge in [-0.05, 0) is 54.2 Å². The van der Waals surface area contributed by atoms with Gasteiger partial charge in [0, 0.05) is 18.6 Å². The van der Waals surface area contributed by atoms with Gasteiger partial charge in [-0.15, -0.1) is 13.2 Å². The van der Waals surface area contributed by atoms with Crippen molar-refractivity contribution in [2.75, 3.05) is 39.6 Å². The molecule has 0 bridgehead atoms. The second-order valence-electron chi connectivity index (χ2n) is 10.7. The van der Waals surface area contributed by atoms with Crippen LogP contribution in [0.15, 0.2) is 151 Å². The number of aliphatic imine (C=N–C) groups is 2. The molecule has 252 valence electrons. The molecule has 2 atom stereocenters. The van der Waals surface area contributed by atoms with E-state index in [1.807, 2.05) is 78.9 Å². The van der Waals surface area contributed by atoms with E-state index in [0.29, 0.717) is 45.4 Å². The Hall–Kier alpha value is -5.05. The van der Waals surface area contributed by atoms with Gasteiger partial charge in [-0.2, -0.15) is 0 Å². The Morgan fingerprint density at radius 1 is 0.771 bits per heavy atom. The van der Waals surface area contributed by atoms with Crippen LogP contribution in [0.1, 0.15) is 48.2 Å². The first-order chi connectivity index (χ1) is 23.6. The molecule has 0 aliphatic carbocycles. The van der Waals surface area contributed by atoms with Gasteiger partial charge in [-0.1, -0.05) is 85.5 Å². The quantitative estimate of drug-likeness (QED) is 0.0348. The van der Waals surface area contributed by atoms with Crippen LogP contribution in [0.3, 0.4) is 0 Å². The Morgan fingerprint density at radius 3 is 1.98 bits per heavy atom. The molecule has 0 radical (unpaired) electrons. The number of rotatable bonds is 24. The molecule has 0 aliphatic heterocycles. The lowest BCUT2D eigenvalue weighted by Crippen LogP contribution is -2.07. The molecule has 2 aromatic carbocycles. The van der Waals surface area contributed by atoms with Crippen molar-refractivity contribution >= 4 is 12.4 Å². The minimum Gasteiger partial charge on any atom is -0.492 e. The number of ether oxygens (including phenoxy) is 4. The predicted molar refractivity (Wildman–Crippen MR) is 197 cm³/mol. The third-order valence-electron chi connectivity index (χ3n) is 6.91. The highest BCUT2D eigenvalue weighted by atomic mass is 16.5. The predicted octanol–water partition coefficient (Wildman–Crippen LogP) is 7.94. The number of pyridine rings is 1. The lowest BCUT2D eigenvalue weighted by atomic mass is 10.1. The minimum atomic E-state index is -0.136. The Balaban J connectivity index is 1.34. The second kappa shape index (κ2) is 23.3. The van der Waals surface area contributed by atoms with E-state index in [-0.39, 0.29) is 12.1 Å². The molecule has 0 amide bonds. The number of nitrogens with zero attached hydrogens (tertiary/aromatic N) is 3. The molecule has 2 N–H and O–H groups in total. The Kier molecular flexibility index (Phi) is 18.2. The highest BCUT2D eigenvalue weighted by molar-refractivity contribution is 5.81. The van der Waals surface area contributed by atoms with Gasteiger partial charge >= 0.3 is 0 Å². The van der Waals surface area contributed by atoms with E-state index in [1.54, 1.807) is 36.9 Å². The maximum atomic E-state index is 5.88. The van der Waals surface area contributed by atoms with Gasteiger partial charge in [-0.25, -0.2) is 0 Å². The summed E-state index contributed by atoms with van der Waals surface area (Å²) in [6, 6.07) is 23.6. The molecule has 3 aromatic rings. The van der Waals surface area contributed by atoms with E-state index in [2.05, 4.69) is 29.7 Å². The molecule has 1 heterocycles. The van der Waals surface area contributed by atoms with Gasteiger partial charge < -0.3 is 24.7 Å². The molecule has 0 aliphatic rings. The summed E-state index contributed by atoms with van der Waals surface area (Å²) in [7, 11) is 0. The lowest BCUT2D eigenvalue weighted by molar-refractivity contribution is 0.148. The summed E-state index contributed by atoms with van der Waals surface area (Å²) in [5.41, 5.74) is 9.41. The monoisotopic (exact) mass is 648 g/mol. The zero-order valence-corrected chi connectivity index (χ0v) is 27.7. The molecule has 1 aromatic heterocycles. The molecule has 8 nitrogen and oxygen atoms in total. The number of nitrogens with two attached hydrogens (primary N) is 1. The van der Waals surface area contributed by atoms with Gasteiger partial charge in [0.05, 0.1) is 63.6 Å². The molecule has 0 fully saturated rings. The maximum Gasteiger partial charge on any atom is 0.137 e. The van der Waals surface area contributed by atoms with Crippen LogP contribution >= 0.6 is 0 Å². The fourth-order valence-corrected chi connectivity index (χ4v) is 4.38. The Labute approximate surface area is 285 Å². The summed E-state index contributed by atoms with van der Waals surface area (Å²) >= 11 is 0. The molecule has 8 heteroatoms. The van der Waals surface area contributed by atoms with E-state index in [9.17, 15) is 0 Å². The van der Waals surface area contributed by atoms with Crippen molar-refractivity contribution in [3.63, 3.8) is 0 Å². The van der Waals surface area contributed by atoms with Crippen molar-refractivity contribution in [2.45, 2.75) is 31.3 Å². The first kappa shape index (κ1) is 37.4. The standard InChI is InChI=1S/C40H48N4O4/c1-4-23-45-31-39(34-15-9-6-10-16-34)43-28-33(3)19-21-37(27-41)47-25-13-8-14-26-48-38-22-20-36(42-30-38)29-44-40(32-46-24-5-2)35-17-11-7-12-18-35/h4-7,9-12,15-22,27-30,39-40H,1-3,8,13-14,23-26,31-32,41H2/b21-19-,37-27+,43-28?,44-29?/t39-,40-/m0/s1. The summed E-state index contributed by atoms with van der Waals surface area (Å²) in [6.45, 7) is 14.5. The topological polar surface area (TPSA) is 101 Å². The SMILES string of the molecule is C=CCOC[C@H](N=CC(=C)/C=C\C(=C/N)OCCCCCOc1ccc(C=N[C@@H](COCC=C)c2ccccc2)nc1)c1ccccc1. The first-order valence-electron chi connectivity index (χ1n) is 16.2. The molecule has 0 spiro atoms. The van der Waals surface area contributed by atoms with Crippen LogP contribution in [0.2, 0.25) is 0 Å². The van der Waals surface area contributed by atoms with Gasteiger partial charge in [0.25, 0.3) is 0 Å². The van der Waals surface area contributed by atoms with Crippen molar-refractivity contribution in [3.8, 4) is 5.75 Å². The van der Waals surface area contributed by atoms with Crippen molar-refractivity contribution in [1.29, 1.82) is 0 Å². The van der Waals surface area contributed by atoms with E-state index in [0.717, 1.165) is 47.4 Å². The van der Waals surface area contributed by atoms with Crippen LogP contribution in [0.4, 0.5) is 0 Å². The van der Waals surface area contributed by atoms with Crippen molar-refractivity contribution in [3.05, 3.63) is 157 Å². The van der Waals surface area contributed by atoms with Crippen molar-refractivity contribution in [2.24, 2.45) is 15.7 Å². The molecule has 0 unspecified atom stereocenters. The normalized spacial score (nSPS) is 13.1. The molecular formula is C40H48N4O4. The zero-order valence-electron chi connectivity index (χ0n) is 27.7. The number of hydrogen-bond acceptors (Lipinski definition) is 8. The summed E-state index contributed by atoms with van der Waals surface area (Å²) < 4.78 is 23.0. The molecule has 3 rings (SSSR count). The average Bonchev–Trinajstić information content (AvgIpc) is 3.13. The number of benzene rings is 2. The summed E-state index contributed by atoms with van der Waals surface area (Å²) in [5, 5.41) is 0. The molecular weight excluding hydrogens is 600 g/mol. The van der Waals surface area contributed by atoms with E-state index < -0.39 is 0 Å². The van der Waals surface area contributed by atoms with Gasteiger partial charge in [0.2, 0.25) is 0 Å². The minimum absolute atomic E-state index is 0.120. The maximum absolute atomic E-state index is 5.88. The number of unbranched alkanes of at least 4 members (excludes halogenated alkanes) is 2. The number of hydrogen-bond donors (Lipinski definition) is 1. The van der Waals surface area contributed by atoms with Crippen LogP contribution in [0.25, 0.3) is 0 Å².